The quantitative estimate of drug-likeness (QED) is 0.752. The Bertz CT molecular complexity index is 739. The highest BCUT2D eigenvalue weighted by molar-refractivity contribution is 5.94. The first-order valence-electron chi connectivity index (χ1n) is 6.08. The molecule has 1 aromatic carbocycles. The maximum absolute atomic E-state index is 12.1. The molecule has 1 amide bonds. The van der Waals surface area contributed by atoms with Gasteiger partial charge in [-0.3, -0.25) is 4.79 Å². The SMILES string of the molecule is O=C(Nc1ccnc2ccnn12)C(O)c1ccccc1. The zero-order valence-electron chi connectivity index (χ0n) is 10.5. The molecular weight excluding hydrogens is 256 g/mol. The Hall–Kier alpha value is -2.73. The highest BCUT2D eigenvalue weighted by atomic mass is 16.3. The minimum Gasteiger partial charge on any atom is -0.378 e. The third-order valence-electron chi connectivity index (χ3n) is 2.91. The van der Waals surface area contributed by atoms with Crippen LogP contribution in [0.5, 0.6) is 0 Å². The molecule has 100 valence electrons. The molecule has 0 aliphatic rings. The normalized spacial score (nSPS) is 12.2. The van der Waals surface area contributed by atoms with Crippen LogP contribution >= 0.6 is 0 Å². The van der Waals surface area contributed by atoms with Gasteiger partial charge in [-0.25, -0.2) is 4.98 Å². The molecule has 1 atom stereocenters. The number of benzene rings is 1. The van der Waals surface area contributed by atoms with Crippen LogP contribution in [0.4, 0.5) is 5.82 Å². The number of anilines is 1. The number of aromatic nitrogens is 3. The summed E-state index contributed by atoms with van der Waals surface area (Å²) in [7, 11) is 0. The number of carbonyl (C=O) groups is 1. The third kappa shape index (κ3) is 2.24. The number of amides is 1. The van der Waals surface area contributed by atoms with Gasteiger partial charge in [-0.2, -0.15) is 9.61 Å². The van der Waals surface area contributed by atoms with Crippen molar-refractivity contribution in [3.8, 4) is 0 Å². The second kappa shape index (κ2) is 5.10. The molecule has 0 aliphatic carbocycles. The maximum Gasteiger partial charge on any atom is 0.258 e. The first-order chi connectivity index (χ1) is 9.75. The van der Waals surface area contributed by atoms with E-state index < -0.39 is 12.0 Å². The van der Waals surface area contributed by atoms with Crippen molar-refractivity contribution < 1.29 is 9.90 Å². The predicted molar refractivity (Wildman–Crippen MR) is 73.0 cm³/mol. The topological polar surface area (TPSA) is 79.5 Å². The Morgan fingerprint density at radius 1 is 1.15 bits per heavy atom. The molecule has 0 saturated heterocycles. The number of rotatable bonds is 3. The van der Waals surface area contributed by atoms with E-state index in [-0.39, 0.29) is 0 Å². The summed E-state index contributed by atoms with van der Waals surface area (Å²) >= 11 is 0. The van der Waals surface area contributed by atoms with E-state index in [0.717, 1.165) is 0 Å². The van der Waals surface area contributed by atoms with Crippen molar-refractivity contribution >= 4 is 17.4 Å². The molecule has 6 nitrogen and oxygen atoms in total. The van der Waals surface area contributed by atoms with Gasteiger partial charge < -0.3 is 10.4 Å². The van der Waals surface area contributed by atoms with Crippen LogP contribution in [-0.4, -0.2) is 25.6 Å². The van der Waals surface area contributed by atoms with Gasteiger partial charge in [-0.1, -0.05) is 30.3 Å². The average Bonchev–Trinajstić information content (AvgIpc) is 2.97. The van der Waals surface area contributed by atoms with Gasteiger partial charge >= 0.3 is 0 Å². The van der Waals surface area contributed by atoms with E-state index in [1.54, 1.807) is 48.8 Å². The van der Waals surface area contributed by atoms with Gasteiger partial charge in [0, 0.05) is 12.3 Å². The van der Waals surface area contributed by atoms with E-state index in [1.807, 2.05) is 6.07 Å². The molecule has 6 heteroatoms. The largest absolute Gasteiger partial charge is 0.378 e. The molecule has 0 bridgehead atoms. The molecule has 2 N–H and O–H groups in total. The number of nitrogens with one attached hydrogen (secondary N) is 1. The average molecular weight is 268 g/mol. The lowest BCUT2D eigenvalue weighted by molar-refractivity contribution is -0.124. The van der Waals surface area contributed by atoms with E-state index in [1.165, 1.54) is 4.52 Å². The summed E-state index contributed by atoms with van der Waals surface area (Å²) in [4.78, 5) is 16.2. The van der Waals surface area contributed by atoms with Gasteiger partial charge in [-0.15, -0.1) is 0 Å². The van der Waals surface area contributed by atoms with E-state index in [2.05, 4.69) is 15.4 Å². The van der Waals surface area contributed by atoms with Gasteiger partial charge in [-0.05, 0) is 11.6 Å². The number of hydrogen-bond acceptors (Lipinski definition) is 4. The first kappa shape index (κ1) is 12.3. The molecule has 0 spiro atoms. The number of hydrogen-bond donors (Lipinski definition) is 2. The highest BCUT2D eigenvalue weighted by Gasteiger charge is 2.18. The molecule has 1 unspecified atom stereocenters. The highest BCUT2D eigenvalue weighted by Crippen LogP contribution is 2.15. The third-order valence-corrected chi connectivity index (χ3v) is 2.91. The van der Waals surface area contributed by atoms with Crippen molar-refractivity contribution in [3.05, 3.63) is 60.4 Å². The van der Waals surface area contributed by atoms with Crippen LogP contribution < -0.4 is 5.32 Å². The van der Waals surface area contributed by atoms with E-state index >= 15 is 0 Å². The van der Waals surface area contributed by atoms with Crippen molar-refractivity contribution in [1.82, 2.24) is 14.6 Å². The lowest BCUT2D eigenvalue weighted by Crippen LogP contribution is -2.22. The summed E-state index contributed by atoms with van der Waals surface area (Å²) in [6, 6.07) is 12.1. The van der Waals surface area contributed by atoms with Crippen molar-refractivity contribution in [2.75, 3.05) is 5.32 Å². The van der Waals surface area contributed by atoms with Gasteiger partial charge in [0.25, 0.3) is 5.91 Å². The maximum atomic E-state index is 12.1. The van der Waals surface area contributed by atoms with Crippen LogP contribution in [0.3, 0.4) is 0 Å². The first-order valence-corrected chi connectivity index (χ1v) is 6.08. The zero-order valence-corrected chi connectivity index (χ0v) is 10.5. The predicted octanol–water partition coefficient (Wildman–Crippen LogP) is 1.40. The van der Waals surface area contributed by atoms with Crippen molar-refractivity contribution in [3.63, 3.8) is 0 Å². The zero-order chi connectivity index (χ0) is 13.9. The fourth-order valence-corrected chi connectivity index (χ4v) is 1.91. The molecule has 0 saturated carbocycles. The fourth-order valence-electron chi connectivity index (χ4n) is 1.91. The summed E-state index contributed by atoms with van der Waals surface area (Å²) < 4.78 is 1.50. The summed E-state index contributed by atoms with van der Waals surface area (Å²) in [6.45, 7) is 0. The summed E-state index contributed by atoms with van der Waals surface area (Å²) in [5.74, 6) is -0.0563. The van der Waals surface area contributed by atoms with E-state index in [4.69, 9.17) is 0 Å². The fraction of sp³-hybridized carbons (Fsp3) is 0.0714. The van der Waals surface area contributed by atoms with E-state index in [0.29, 0.717) is 17.0 Å². The number of aliphatic hydroxyl groups excluding tert-OH is 1. The Labute approximate surface area is 114 Å². The summed E-state index contributed by atoms with van der Waals surface area (Å²) in [5.41, 5.74) is 1.16. The Morgan fingerprint density at radius 3 is 2.75 bits per heavy atom. The minimum absolute atomic E-state index is 0.458. The number of nitrogens with zero attached hydrogens (tertiary/aromatic N) is 3. The van der Waals surface area contributed by atoms with Crippen LogP contribution in [0.2, 0.25) is 0 Å². The minimum atomic E-state index is -1.23. The van der Waals surface area contributed by atoms with Crippen LogP contribution in [0.15, 0.2) is 54.9 Å². The monoisotopic (exact) mass is 268 g/mol. The number of aliphatic hydroxyl groups is 1. The standard InChI is InChI=1S/C14H12N4O2/c19-13(10-4-2-1-3-5-10)14(20)17-12-6-8-15-11-7-9-16-18(11)12/h1-9,13,19H,(H,17,20). The number of carbonyl (C=O) groups excluding carboxylic acids is 1. The lowest BCUT2D eigenvalue weighted by Gasteiger charge is -2.12. The molecule has 2 heterocycles. The van der Waals surface area contributed by atoms with Gasteiger partial charge in [0.1, 0.15) is 5.82 Å². The molecule has 3 rings (SSSR count). The van der Waals surface area contributed by atoms with Crippen molar-refractivity contribution in [2.45, 2.75) is 6.10 Å². The second-order valence-corrected chi connectivity index (χ2v) is 4.23. The van der Waals surface area contributed by atoms with Crippen LogP contribution in [0.1, 0.15) is 11.7 Å². The van der Waals surface area contributed by atoms with Crippen LogP contribution in [0.25, 0.3) is 5.65 Å². The summed E-state index contributed by atoms with van der Waals surface area (Å²) in [5, 5.41) is 16.7. The van der Waals surface area contributed by atoms with Crippen LogP contribution in [0, 0.1) is 0 Å². The molecule has 2 aromatic heterocycles. The van der Waals surface area contributed by atoms with Crippen molar-refractivity contribution in [2.24, 2.45) is 0 Å². The van der Waals surface area contributed by atoms with Gasteiger partial charge in [0.2, 0.25) is 0 Å². The molecule has 20 heavy (non-hydrogen) atoms. The van der Waals surface area contributed by atoms with Gasteiger partial charge in [0.15, 0.2) is 11.8 Å². The molecular formula is C14H12N4O2. The Kier molecular flexibility index (Phi) is 3.14. The molecule has 0 fully saturated rings. The smallest absolute Gasteiger partial charge is 0.258 e. The van der Waals surface area contributed by atoms with Crippen LogP contribution in [-0.2, 0) is 4.79 Å². The molecule has 3 aromatic rings. The lowest BCUT2D eigenvalue weighted by atomic mass is 10.1. The molecule has 0 radical (unpaired) electrons. The molecule has 0 aliphatic heterocycles. The Balaban J connectivity index is 1.84. The summed E-state index contributed by atoms with van der Waals surface area (Å²) in [6.07, 6.45) is 1.93. The van der Waals surface area contributed by atoms with Gasteiger partial charge in [0.05, 0.1) is 6.20 Å². The Morgan fingerprint density at radius 2 is 1.95 bits per heavy atom. The van der Waals surface area contributed by atoms with E-state index in [9.17, 15) is 9.90 Å². The number of fused-ring (bicyclic) bond motifs is 1. The van der Waals surface area contributed by atoms with Crippen molar-refractivity contribution in [1.29, 1.82) is 0 Å². The second-order valence-electron chi connectivity index (χ2n) is 4.23.